The average molecular weight is 570 g/mol. The van der Waals surface area contributed by atoms with Crippen LogP contribution in [0.4, 0.5) is 21.5 Å². The molecule has 208 valence electrons. The molecule has 0 saturated carbocycles. The summed E-state index contributed by atoms with van der Waals surface area (Å²) in [6, 6.07) is 19.0. The predicted molar refractivity (Wildman–Crippen MR) is 159 cm³/mol. The topological polar surface area (TPSA) is 97.3 Å². The number of morpholine rings is 1. The number of anilines is 3. The molecule has 0 amide bonds. The summed E-state index contributed by atoms with van der Waals surface area (Å²) in [5, 5.41) is 3.87. The fourth-order valence-electron chi connectivity index (χ4n) is 5.04. The molecule has 10 heteroatoms. The van der Waals surface area contributed by atoms with Crippen molar-refractivity contribution in [2.75, 3.05) is 42.8 Å². The lowest BCUT2D eigenvalue weighted by Crippen LogP contribution is -2.36. The van der Waals surface area contributed by atoms with Crippen molar-refractivity contribution in [3.8, 4) is 22.6 Å². The van der Waals surface area contributed by atoms with E-state index in [1.807, 2.05) is 31.2 Å². The minimum atomic E-state index is -3.36. The van der Waals surface area contributed by atoms with E-state index in [0.717, 1.165) is 29.9 Å². The van der Waals surface area contributed by atoms with E-state index in [9.17, 15) is 8.42 Å². The van der Waals surface area contributed by atoms with Gasteiger partial charge in [-0.25, -0.2) is 17.8 Å². The van der Waals surface area contributed by atoms with Crippen LogP contribution in [0.5, 0.6) is 0 Å². The van der Waals surface area contributed by atoms with Gasteiger partial charge in [-0.2, -0.15) is 0 Å². The van der Waals surface area contributed by atoms with E-state index < -0.39 is 15.7 Å². The lowest BCUT2D eigenvalue weighted by Gasteiger charge is -2.29. The van der Waals surface area contributed by atoms with Gasteiger partial charge >= 0.3 is 0 Å². The molecule has 0 atom stereocenters. The number of nitrogens with one attached hydrogen (secondary N) is 1. The summed E-state index contributed by atoms with van der Waals surface area (Å²) in [7, 11) is -3.36. The van der Waals surface area contributed by atoms with Crippen LogP contribution in [0.3, 0.4) is 0 Å². The molecule has 6 rings (SSSR count). The Balaban J connectivity index is 1.54. The van der Waals surface area contributed by atoms with E-state index in [4.69, 9.17) is 14.7 Å². The number of sulfone groups is 1. The maximum atomic E-state index is 15.4. The van der Waals surface area contributed by atoms with E-state index in [-0.39, 0.29) is 4.90 Å². The van der Waals surface area contributed by atoms with Crippen molar-refractivity contribution in [2.45, 2.75) is 11.8 Å². The van der Waals surface area contributed by atoms with E-state index in [1.165, 1.54) is 12.3 Å². The van der Waals surface area contributed by atoms with E-state index in [1.54, 1.807) is 48.8 Å². The Hall–Kier alpha value is -4.41. The van der Waals surface area contributed by atoms with Gasteiger partial charge in [0, 0.05) is 36.7 Å². The Morgan fingerprint density at radius 1 is 0.951 bits per heavy atom. The Bertz CT molecular complexity index is 1840. The lowest BCUT2D eigenvalue weighted by molar-refractivity contribution is 0.122. The fourth-order valence-corrected chi connectivity index (χ4v) is 5.67. The van der Waals surface area contributed by atoms with Crippen LogP contribution in [-0.4, -0.2) is 55.9 Å². The molecule has 4 heterocycles. The monoisotopic (exact) mass is 569 g/mol. The molecular weight excluding hydrogens is 541 g/mol. The van der Waals surface area contributed by atoms with Crippen LogP contribution in [0.25, 0.3) is 33.5 Å². The second-order valence-electron chi connectivity index (χ2n) is 9.92. The van der Waals surface area contributed by atoms with Crippen LogP contribution in [-0.2, 0) is 14.6 Å². The zero-order valence-electron chi connectivity index (χ0n) is 22.6. The molecule has 1 aliphatic rings. The van der Waals surface area contributed by atoms with Gasteiger partial charge in [-0.3, -0.25) is 9.97 Å². The Morgan fingerprint density at radius 3 is 2.44 bits per heavy atom. The third-order valence-electron chi connectivity index (χ3n) is 7.18. The second kappa shape index (κ2) is 10.9. The van der Waals surface area contributed by atoms with Crippen LogP contribution in [0, 0.1) is 12.7 Å². The molecule has 1 aliphatic heterocycles. The smallest absolute Gasteiger partial charge is 0.175 e. The number of ether oxygens (including phenoxy) is 1. The van der Waals surface area contributed by atoms with Crippen molar-refractivity contribution in [1.82, 2.24) is 15.0 Å². The summed E-state index contributed by atoms with van der Waals surface area (Å²) in [5.41, 5.74) is 5.96. The Morgan fingerprint density at radius 2 is 1.73 bits per heavy atom. The number of aromatic nitrogens is 3. The van der Waals surface area contributed by atoms with Crippen LogP contribution in [0.15, 0.2) is 84.0 Å². The van der Waals surface area contributed by atoms with Crippen molar-refractivity contribution in [3.05, 3.63) is 90.5 Å². The molecule has 1 fully saturated rings. The lowest BCUT2D eigenvalue weighted by atomic mass is 10.0. The summed E-state index contributed by atoms with van der Waals surface area (Å²) >= 11 is 0. The third-order valence-corrected chi connectivity index (χ3v) is 8.31. The van der Waals surface area contributed by atoms with Gasteiger partial charge < -0.3 is 15.0 Å². The van der Waals surface area contributed by atoms with Crippen molar-refractivity contribution in [2.24, 2.45) is 0 Å². The normalized spacial score (nSPS) is 13.9. The van der Waals surface area contributed by atoms with Gasteiger partial charge in [-0.15, -0.1) is 0 Å². The van der Waals surface area contributed by atoms with Gasteiger partial charge in [0.2, 0.25) is 0 Å². The van der Waals surface area contributed by atoms with E-state index in [0.29, 0.717) is 52.6 Å². The molecule has 2 aromatic carbocycles. The van der Waals surface area contributed by atoms with Gasteiger partial charge in [-0.05, 0) is 49.4 Å². The number of fused-ring (bicyclic) bond motifs is 1. The van der Waals surface area contributed by atoms with Crippen LogP contribution < -0.4 is 10.2 Å². The highest BCUT2D eigenvalue weighted by atomic mass is 32.2. The molecule has 41 heavy (non-hydrogen) atoms. The number of benzene rings is 2. The molecule has 3 aromatic heterocycles. The largest absolute Gasteiger partial charge is 0.378 e. The van der Waals surface area contributed by atoms with E-state index in [2.05, 4.69) is 15.2 Å². The number of hydrogen-bond acceptors (Lipinski definition) is 8. The van der Waals surface area contributed by atoms with Crippen molar-refractivity contribution < 1.29 is 17.5 Å². The molecular formula is C31H28FN5O3S. The highest BCUT2D eigenvalue weighted by Gasteiger charge is 2.21. The molecule has 5 aromatic rings. The molecule has 1 N–H and O–H groups in total. The van der Waals surface area contributed by atoms with Gasteiger partial charge in [0.05, 0.1) is 69.4 Å². The average Bonchev–Trinajstić information content (AvgIpc) is 2.99. The van der Waals surface area contributed by atoms with Gasteiger partial charge in [0.15, 0.2) is 9.84 Å². The molecule has 1 saturated heterocycles. The first-order valence-electron chi connectivity index (χ1n) is 13.2. The Kier molecular flexibility index (Phi) is 7.10. The predicted octanol–water partition coefficient (Wildman–Crippen LogP) is 5.79. The zero-order valence-corrected chi connectivity index (χ0v) is 23.5. The number of hydrogen-bond donors (Lipinski definition) is 1. The highest BCUT2D eigenvalue weighted by molar-refractivity contribution is 7.90. The van der Waals surface area contributed by atoms with Crippen LogP contribution in [0.2, 0.25) is 0 Å². The van der Waals surface area contributed by atoms with E-state index >= 15 is 4.39 Å². The van der Waals surface area contributed by atoms with Crippen LogP contribution >= 0.6 is 0 Å². The number of halogens is 1. The first-order valence-corrected chi connectivity index (χ1v) is 15.1. The summed E-state index contributed by atoms with van der Waals surface area (Å²) in [4.78, 5) is 16.5. The zero-order chi connectivity index (χ0) is 28.6. The van der Waals surface area contributed by atoms with Gasteiger partial charge in [0.25, 0.3) is 0 Å². The minimum Gasteiger partial charge on any atom is -0.378 e. The highest BCUT2D eigenvalue weighted by Crippen LogP contribution is 2.39. The first-order chi connectivity index (χ1) is 19.8. The van der Waals surface area contributed by atoms with Gasteiger partial charge in [0.1, 0.15) is 5.82 Å². The SMILES string of the molecule is Cc1c(-c2ccccn2)nc2cccc(F)c2c1Nc1cc(N2CCOCC2)cnc1-c1ccc(S(C)(=O)=O)cc1. The number of rotatable bonds is 6. The summed E-state index contributed by atoms with van der Waals surface area (Å²) < 4.78 is 45.1. The molecule has 0 bridgehead atoms. The second-order valence-corrected chi connectivity index (χ2v) is 11.9. The first kappa shape index (κ1) is 26.8. The third kappa shape index (κ3) is 5.36. The van der Waals surface area contributed by atoms with Crippen molar-refractivity contribution in [3.63, 3.8) is 0 Å². The molecule has 0 spiro atoms. The summed E-state index contributed by atoms with van der Waals surface area (Å²) in [5.74, 6) is -0.399. The molecule has 0 unspecified atom stereocenters. The standard InChI is InChI=1S/C31H28FN5O3S/c1-20-29(26-7-3-4-13-33-26)35-25-8-5-6-24(32)28(25)30(20)36-27-18-22(37-14-16-40-17-15-37)19-34-31(27)21-9-11-23(12-10-21)41(2,38)39/h3-13,18-19H,14-17H2,1-2H3,(H,35,36). The fraction of sp³-hybridized carbons (Fsp3) is 0.194. The number of nitrogens with zero attached hydrogens (tertiary/aromatic N) is 4. The Labute approximate surface area is 237 Å². The van der Waals surface area contributed by atoms with Gasteiger partial charge in [-0.1, -0.05) is 24.3 Å². The maximum Gasteiger partial charge on any atom is 0.175 e. The van der Waals surface area contributed by atoms with Crippen molar-refractivity contribution >= 4 is 37.8 Å². The molecule has 8 nitrogen and oxygen atoms in total. The maximum absolute atomic E-state index is 15.4. The summed E-state index contributed by atoms with van der Waals surface area (Å²) in [6.45, 7) is 4.57. The number of pyridine rings is 3. The summed E-state index contributed by atoms with van der Waals surface area (Å²) in [6.07, 6.45) is 4.68. The molecule has 0 aliphatic carbocycles. The van der Waals surface area contributed by atoms with Crippen LogP contribution in [0.1, 0.15) is 5.56 Å². The van der Waals surface area contributed by atoms with Crippen molar-refractivity contribution in [1.29, 1.82) is 0 Å². The quantitative estimate of drug-likeness (QED) is 0.275. The molecule has 0 radical (unpaired) electrons. The minimum absolute atomic E-state index is 0.221.